The number of aryl methyl sites for hydroxylation is 1. The van der Waals surface area contributed by atoms with E-state index < -0.39 is 11.7 Å². The first kappa shape index (κ1) is 17.4. The highest BCUT2D eigenvalue weighted by Gasteiger charge is 2.50. The van der Waals surface area contributed by atoms with Gasteiger partial charge in [-0.2, -0.15) is 0 Å². The van der Waals surface area contributed by atoms with Gasteiger partial charge in [-0.1, -0.05) is 25.1 Å². The minimum atomic E-state index is -0.807. The van der Waals surface area contributed by atoms with Crippen LogP contribution in [0.1, 0.15) is 47.8 Å². The quantitative estimate of drug-likeness (QED) is 0.839. The van der Waals surface area contributed by atoms with Crippen LogP contribution in [-0.2, 0) is 11.2 Å². The lowest BCUT2D eigenvalue weighted by Crippen LogP contribution is -2.65. The number of hydrogen-bond acceptors (Lipinski definition) is 4. The molecule has 0 unspecified atom stereocenters. The van der Waals surface area contributed by atoms with Gasteiger partial charge in [0.05, 0.1) is 24.4 Å². The Balaban J connectivity index is 1.77. The molecule has 2 bridgehead atoms. The Morgan fingerprint density at radius 2 is 2.11 bits per heavy atom. The number of para-hydroxylation sites is 1. The maximum absolute atomic E-state index is 13.0. The van der Waals surface area contributed by atoms with Crippen molar-refractivity contribution in [2.24, 2.45) is 0 Å². The minimum absolute atomic E-state index is 0.205. The first-order valence-electron chi connectivity index (χ1n) is 9.06. The number of amides is 2. The monoisotopic (exact) mass is 366 g/mol. The number of anilines is 1. The van der Waals surface area contributed by atoms with Crippen LogP contribution in [0.15, 0.2) is 42.5 Å². The predicted molar refractivity (Wildman–Crippen MR) is 101 cm³/mol. The summed E-state index contributed by atoms with van der Waals surface area (Å²) in [6.45, 7) is 4.00. The molecule has 1 saturated heterocycles. The molecular formula is C21H22N2O4. The first-order chi connectivity index (χ1) is 13.0. The van der Waals surface area contributed by atoms with Crippen LogP contribution in [0.25, 0.3) is 0 Å². The molecule has 6 heteroatoms. The van der Waals surface area contributed by atoms with Crippen molar-refractivity contribution in [3.63, 3.8) is 0 Å². The second-order valence-corrected chi connectivity index (χ2v) is 7.05. The molecule has 2 aromatic rings. The van der Waals surface area contributed by atoms with E-state index in [0.717, 1.165) is 23.2 Å². The highest BCUT2D eigenvalue weighted by molar-refractivity contribution is 5.96. The number of urea groups is 1. The zero-order valence-corrected chi connectivity index (χ0v) is 15.6. The standard InChI is InChI=1S/C21H22N2O4/c1-4-13-7-5-6-8-17(13)23-20(25)22-16-12-21(23,2)27-18-10-9-14(11-15(16)18)19(24)26-3/h5-11,16H,4,12H2,1-3H3,(H,22,25)/t16-,21+/m1/s1. The molecule has 4 rings (SSSR count). The summed E-state index contributed by atoms with van der Waals surface area (Å²) >= 11 is 0. The Labute approximate surface area is 158 Å². The van der Waals surface area contributed by atoms with Gasteiger partial charge in [-0.25, -0.2) is 9.59 Å². The fourth-order valence-corrected chi connectivity index (χ4v) is 4.01. The van der Waals surface area contributed by atoms with Gasteiger partial charge in [-0.05, 0) is 43.2 Å². The van der Waals surface area contributed by atoms with Crippen LogP contribution in [0.2, 0.25) is 0 Å². The van der Waals surface area contributed by atoms with Gasteiger partial charge < -0.3 is 14.8 Å². The molecular weight excluding hydrogens is 344 g/mol. The molecule has 2 aliphatic rings. The van der Waals surface area contributed by atoms with E-state index in [9.17, 15) is 9.59 Å². The number of methoxy groups -OCH3 is 1. The Morgan fingerprint density at radius 3 is 2.85 bits per heavy atom. The number of hydrogen-bond donors (Lipinski definition) is 1. The lowest BCUT2D eigenvalue weighted by Gasteiger charge is -2.51. The number of esters is 1. The van der Waals surface area contributed by atoms with E-state index in [1.54, 1.807) is 23.1 Å². The van der Waals surface area contributed by atoms with Crippen LogP contribution >= 0.6 is 0 Å². The van der Waals surface area contributed by atoms with E-state index in [2.05, 4.69) is 12.2 Å². The number of fused-ring (bicyclic) bond motifs is 4. The Kier molecular flexibility index (Phi) is 4.06. The third-order valence-electron chi connectivity index (χ3n) is 5.31. The van der Waals surface area contributed by atoms with E-state index >= 15 is 0 Å². The molecule has 0 aromatic heterocycles. The lowest BCUT2D eigenvalue weighted by atomic mass is 9.89. The van der Waals surface area contributed by atoms with Gasteiger partial charge in [-0.3, -0.25) is 4.90 Å². The largest absolute Gasteiger partial charge is 0.467 e. The third-order valence-corrected chi connectivity index (χ3v) is 5.31. The molecule has 2 aromatic carbocycles. The van der Waals surface area contributed by atoms with Crippen molar-refractivity contribution in [2.75, 3.05) is 12.0 Å². The molecule has 1 fully saturated rings. The van der Waals surface area contributed by atoms with Crippen LogP contribution in [0, 0.1) is 0 Å². The maximum Gasteiger partial charge on any atom is 0.337 e. The van der Waals surface area contributed by atoms with Crippen molar-refractivity contribution >= 4 is 17.7 Å². The van der Waals surface area contributed by atoms with E-state index in [1.807, 2.05) is 31.2 Å². The van der Waals surface area contributed by atoms with Gasteiger partial charge in [0.2, 0.25) is 0 Å². The number of carbonyl (C=O) groups is 2. The van der Waals surface area contributed by atoms with Crippen molar-refractivity contribution in [2.45, 2.75) is 38.5 Å². The molecule has 2 heterocycles. The van der Waals surface area contributed by atoms with E-state index in [4.69, 9.17) is 9.47 Å². The Hall–Kier alpha value is -3.02. The summed E-state index contributed by atoms with van der Waals surface area (Å²) < 4.78 is 11.1. The fourth-order valence-electron chi connectivity index (χ4n) is 4.01. The first-order valence-corrected chi connectivity index (χ1v) is 9.06. The average Bonchev–Trinajstić information content (AvgIpc) is 2.66. The Morgan fingerprint density at radius 1 is 1.33 bits per heavy atom. The molecule has 27 heavy (non-hydrogen) atoms. The summed E-state index contributed by atoms with van der Waals surface area (Å²) in [4.78, 5) is 26.6. The highest BCUT2D eigenvalue weighted by Crippen LogP contribution is 2.46. The summed E-state index contributed by atoms with van der Waals surface area (Å²) in [6, 6.07) is 12.6. The number of benzene rings is 2. The van der Waals surface area contributed by atoms with Gasteiger partial charge in [0.15, 0.2) is 5.72 Å². The molecule has 2 amide bonds. The summed E-state index contributed by atoms with van der Waals surface area (Å²) in [6.07, 6.45) is 1.40. The van der Waals surface area contributed by atoms with Crippen molar-refractivity contribution < 1.29 is 19.1 Å². The summed E-state index contributed by atoms with van der Waals surface area (Å²) in [5.74, 6) is 0.257. The zero-order valence-electron chi connectivity index (χ0n) is 15.6. The molecule has 6 nitrogen and oxygen atoms in total. The zero-order chi connectivity index (χ0) is 19.2. The molecule has 2 aliphatic heterocycles. The third kappa shape index (κ3) is 2.72. The average molecular weight is 366 g/mol. The molecule has 0 radical (unpaired) electrons. The van der Waals surface area contributed by atoms with Gasteiger partial charge in [0, 0.05) is 12.0 Å². The van der Waals surface area contributed by atoms with Crippen molar-refractivity contribution in [3.8, 4) is 5.75 Å². The summed E-state index contributed by atoms with van der Waals surface area (Å²) in [7, 11) is 1.35. The topological polar surface area (TPSA) is 67.9 Å². The molecule has 2 atom stereocenters. The second-order valence-electron chi connectivity index (χ2n) is 7.05. The van der Waals surface area contributed by atoms with Crippen LogP contribution in [0.4, 0.5) is 10.5 Å². The number of nitrogens with zero attached hydrogens (tertiary/aromatic N) is 1. The summed E-state index contributed by atoms with van der Waals surface area (Å²) in [5.41, 5.74) is 2.37. The number of nitrogens with one attached hydrogen (secondary N) is 1. The number of carbonyl (C=O) groups excluding carboxylic acids is 2. The van der Waals surface area contributed by atoms with Gasteiger partial charge in [0.25, 0.3) is 0 Å². The normalized spacial score (nSPS) is 23.1. The van der Waals surface area contributed by atoms with Gasteiger partial charge in [-0.15, -0.1) is 0 Å². The van der Waals surface area contributed by atoms with Gasteiger partial charge >= 0.3 is 12.0 Å². The SMILES string of the molecule is CCc1ccccc1N1C(=O)N[C@@H]2C[C@]1(C)Oc1ccc(C(=O)OC)cc12. The van der Waals surface area contributed by atoms with Crippen molar-refractivity contribution in [1.29, 1.82) is 0 Å². The van der Waals surface area contributed by atoms with Gasteiger partial charge in [0.1, 0.15) is 5.75 Å². The molecule has 0 spiro atoms. The molecule has 0 saturated carbocycles. The predicted octanol–water partition coefficient (Wildman–Crippen LogP) is 3.81. The van der Waals surface area contributed by atoms with E-state index in [1.165, 1.54) is 7.11 Å². The number of ether oxygens (including phenoxy) is 2. The van der Waals surface area contributed by atoms with Crippen LogP contribution < -0.4 is 15.0 Å². The highest BCUT2D eigenvalue weighted by atomic mass is 16.5. The van der Waals surface area contributed by atoms with E-state index in [0.29, 0.717) is 17.7 Å². The summed E-state index contributed by atoms with van der Waals surface area (Å²) in [5, 5.41) is 3.07. The molecule has 1 N–H and O–H groups in total. The van der Waals surface area contributed by atoms with Crippen molar-refractivity contribution in [3.05, 3.63) is 59.2 Å². The minimum Gasteiger partial charge on any atom is -0.467 e. The van der Waals surface area contributed by atoms with E-state index in [-0.39, 0.29) is 12.1 Å². The number of rotatable bonds is 3. The Bertz CT molecular complexity index is 926. The lowest BCUT2D eigenvalue weighted by molar-refractivity contribution is 0.0376. The second kappa shape index (κ2) is 6.30. The smallest absolute Gasteiger partial charge is 0.337 e. The maximum atomic E-state index is 13.0. The van der Waals surface area contributed by atoms with Crippen molar-refractivity contribution in [1.82, 2.24) is 5.32 Å². The van der Waals surface area contributed by atoms with Crippen LogP contribution in [0.3, 0.4) is 0 Å². The fraction of sp³-hybridized carbons (Fsp3) is 0.333. The molecule has 0 aliphatic carbocycles. The van der Waals surface area contributed by atoms with Crippen LogP contribution in [-0.4, -0.2) is 24.8 Å². The van der Waals surface area contributed by atoms with Crippen LogP contribution in [0.5, 0.6) is 5.75 Å². The molecule has 140 valence electrons.